The number of benzene rings is 1. The lowest BCUT2D eigenvalue weighted by Gasteiger charge is -2.05. The number of carbonyl (C=O) groups excluding carboxylic acids is 2. The Morgan fingerprint density at radius 3 is 2.68 bits per heavy atom. The highest BCUT2D eigenvalue weighted by Gasteiger charge is 2.32. The molecule has 0 radical (unpaired) electrons. The Morgan fingerprint density at radius 1 is 1.16 bits per heavy atom. The molecule has 0 bridgehead atoms. The maximum absolute atomic E-state index is 11.9. The van der Waals surface area contributed by atoms with E-state index in [1.54, 1.807) is 24.5 Å². The van der Waals surface area contributed by atoms with Gasteiger partial charge in [-0.2, -0.15) is 0 Å². The van der Waals surface area contributed by atoms with E-state index < -0.39 is 0 Å². The van der Waals surface area contributed by atoms with Gasteiger partial charge in [0.15, 0.2) is 0 Å². The molecule has 0 saturated carbocycles. The molecule has 2 aromatic rings. The van der Waals surface area contributed by atoms with Gasteiger partial charge in [-0.15, -0.1) is 0 Å². The summed E-state index contributed by atoms with van der Waals surface area (Å²) in [5.74, 6) is 0.291. The van der Waals surface area contributed by atoms with E-state index >= 15 is 0 Å². The molecule has 1 aliphatic rings. The molecule has 19 heavy (non-hydrogen) atoms. The summed E-state index contributed by atoms with van der Waals surface area (Å²) < 4.78 is 5.21. The SMILES string of the molecule is CN1C(=O)c2ccc(NCc3ccco3)cc2C1=O. The van der Waals surface area contributed by atoms with E-state index in [9.17, 15) is 9.59 Å². The van der Waals surface area contributed by atoms with Crippen LogP contribution in [-0.2, 0) is 6.54 Å². The fourth-order valence-corrected chi connectivity index (χ4v) is 2.07. The standard InChI is InChI=1S/C14H12N2O3/c1-16-13(17)11-5-4-9(7-12(11)14(16)18)15-8-10-3-2-6-19-10/h2-7,15H,8H2,1H3. The fourth-order valence-electron chi connectivity index (χ4n) is 2.07. The monoisotopic (exact) mass is 256 g/mol. The second-order valence-electron chi connectivity index (χ2n) is 4.36. The third-order valence-corrected chi connectivity index (χ3v) is 3.14. The Hall–Kier alpha value is -2.56. The fraction of sp³-hybridized carbons (Fsp3) is 0.143. The van der Waals surface area contributed by atoms with E-state index in [0.717, 1.165) is 16.3 Å². The number of rotatable bonds is 3. The van der Waals surface area contributed by atoms with Crippen molar-refractivity contribution < 1.29 is 14.0 Å². The number of hydrogen-bond acceptors (Lipinski definition) is 4. The number of amides is 2. The molecule has 1 aromatic heterocycles. The molecule has 2 heterocycles. The van der Waals surface area contributed by atoms with Crippen LogP contribution in [0.15, 0.2) is 41.0 Å². The summed E-state index contributed by atoms with van der Waals surface area (Å²) in [5.41, 5.74) is 1.68. The highest BCUT2D eigenvalue weighted by molar-refractivity contribution is 6.21. The van der Waals surface area contributed by atoms with Gasteiger partial charge in [0.2, 0.25) is 0 Å². The Kier molecular flexibility index (Phi) is 2.59. The molecule has 0 unspecified atom stereocenters. The van der Waals surface area contributed by atoms with E-state index in [1.807, 2.05) is 12.1 Å². The van der Waals surface area contributed by atoms with Crippen LogP contribution in [0, 0.1) is 0 Å². The highest BCUT2D eigenvalue weighted by Crippen LogP contribution is 2.24. The third-order valence-electron chi connectivity index (χ3n) is 3.14. The zero-order valence-corrected chi connectivity index (χ0v) is 10.3. The Morgan fingerprint density at radius 2 is 1.95 bits per heavy atom. The van der Waals surface area contributed by atoms with Crippen molar-refractivity contribution >= 4 is 17.5 Å². The molecule has 5 nitrogen and oxygen atoms in total. The normalized spacial score (nSPS) is 13.8. The zero-order chi connectivity index (χ0) is 13.4. The molecule has 96 valence electrons. The van der Waals surface area contributed by atoms with Gasteiger partial charge in [-0.25, -0.2) is 0 Å². The van der Waals surface area contributed by atoms with Crippen LogP contribution >= 0.6 is 0 Å². The van der Waals surface area contributed by atoms with Gasteiger partial charge in [-0.3, -0.25) is 14.5 Å². The smallest absolute Gasteiger partial charge is 0.261 e. The second-order valence-corrected chi connectivity index (χ2v) is 4.36. The van der Waals surface area contributed by atoms with Gasteiger partial charge in [0, 0.05) is 12.7 Å². The average Bonchev–Trinajstić information content (AvgIpc) is 3.01. The number of imide groups is 1. The van der Waals surface area contributed by atoms with Crippen LogP contribution in [0.25, 0.3) is 0 Å². The summed E-state index contributed by atoms with van der Waals surface area (Å²) in [5, 5.41) is 3.15. The van der Waals surface area contributed by atoms with Crippen LogP contribution in [0.4, 0.5) is 5.69 Å². The van der Waals surface area contributed by atoms with Crippen molar-refractivity contribution in [1.29, 1.82) is 0 Å². The lowest BCUT2D eigenvalue weighted by Crippen LogP contribution is -2.24. The first-order chi connectivity index (χ1) is 9.16. The summed E-state index contributed by atoms with van der Waals surface area (Å²) in [6.07, 6.45) is 1.61. The molecule has 3 rings (SSSR count). The van der Waals surface area contributed by atoms with Crippen molar-refractivity contribution in [3.05, 3.63) is 53.5 Å². The Labute approximate surface area is 109 Å². The number of nitrogens with zero attached hydrogens (tertiary/aromatic N) is 1. The molecule has 0 saturated heterocycles. The molecule has 0 aliphatic carbocycles. The first kappa shape index (κ1) is 11.5. The predicted molar refractivity (Wildman–Crippen MR) is 68.9 cm³/mol. The summed E-state index contributed by atoms with van der Waals surface area (Å²) in [7, 11) is 1.49. The quantitative estimate of drug-likeness (QED) is 0.854. The molecule has 0 spiro atoms. The van der Waals surface area contributed by atoms with E-state index in [0.29, 0.717) is 17.7 Å². The number of nitrogens with one attached hydrogen (secondary N) is 1. The molecule has 1 N–H and O–H groups in total. The Bertz CT molecular complexity index is 647. The van der Waals surface area contributed by atoms with Crippen molar-refractivity contribution in [2.45, 2.75) is 6.54 Å². The van der Waals surface area contributed by atoms with Crippen LogP contribution < -0.4 is 5.32 Å². The third kappa shape index (κ3) is 1.89. The first-order valence-corrected chi connectivity index (χ1v) is 5.89. The molecular weight excluding hydrogens is 244 g/mol. The summed E-state index contributed by atoms with van der Waals surface area (Å²) in [4.78, 5) is 24.7. The van der Waals surface area contributed by atoms with E-state index in [4.69, 9.17) is 4.42 Å². The maximum Gasteiger partial charge on any atom is 0.261 e. The van der Waals surface area contributed by atoms with Crippen molar-refractivity contribution in [2.24, 2.45) is 0 Å². The van der Waals surface area contributed by atoms with Gasteiger partial charge >= 0.3 is 0 Å². The molecule has 2 amide bonds. The van der Waals surface area contributed by atoms with E-state index in [1.165, 1.54) is 7.05 Å². The van der Waals surface area contributed by atoms with Crippen LogP contribution in [0.3, 0.4) is 0 Å². The van der Waals surface area contributed by atoms with Gasteiger partial charge in [0.25, 0.3) is 11.8 Å². The molecule has 1 aliphatic heterocycles. The molecule has 0 fully saturated rings. The highest BCUT2D eigenvalue weighted by atomic mass is 16.3. The summed E-state index contributed by atoms with van der Waals surface area (Å²) in [6.45, 7) is 0.532. The van der Waals surface area contributed by atoms with Crippen molar-refractivity contribution in [2.75, 3.05) is 12.4 Å². The lowest BCUT2D eigenvalue weighted by atomic mass is 10.1. The van der Waals surface area contributed by atoms with Crippen LogP contribution in [0.5, 0.6) is 0 Å². The van der Waals surface area contributed by atoms with Gasteiger partial charge in [-0.05, 0) is 30.3 Å². The van der Waals surface area contributed by atoms with Crippen molar-refractivity contribution in [3.63, 3.8) is 0 Å². The average molecular weight is 256 g/mol. The number of anilines is 1. The van der Waals surface area contributed by atoms with Crippen molar-refractivity contribution in [1.82, 2.24) is 4.90 Å². The van der Waals surface area contributed by atoms with Crippen LogP contribution in [0.2, 0.25) is 0 Å². The van der Waals surface area contributed by atoms with Gasteiger partial charge in [0.1, 0.15) is 5.76 Å². The lowest BCUT2D eigenvalue weighted by molar-refractivity contribution is 0.0693. The number of furan rings is 1. The minimum absolute atomic E-state index is 0.252. The Balaban J connectivity index is 1.83. The molecule has 1 aromatic carbocycles. The van der Waals surface area contributed by atoms with Crippen LogP contribution in [0.1, 0.15) is 26.5 Å². The number of hydrogen-bond donors (Lipinski definition) is 1. The minimum Gasteiger partial charge on any atom is -0.467 e. The largest absolute Gasteiger partial charge is 0.467 e. The molecule has 0 atom stereocenters. The van der Waals surface area contributed by atoms with Gasteiger partial charge < -0.3 is 9.73 Å². The number of fused-ring (bicyclic) bond motifs is 1. The topological polar surface area (TPSA) is 62.6 Å². The zero-order valence-electron chi connectivity index (χ0n) is 10.3. The summed E-state index contributed by atoms with van der Waals surface area (Å²) >= 11 is 0. The predicted octanol–water partition coefficient (Wildman–Crippen LogP) is 2.12. The molecular formula is C14H12N2O3. The number of carbonyl (C=O) groups is 2. The van der Waals surface area contributed by atoms with Gasteiger partial charge in [-0.1, -0.05) is 0 Å². The minimum atomic E-state index is -0.262. The summed E-state index contributed by atoms with van der Waals surface area (Å²) in [6, 6.07) is 8.83. The van der Waals surface area contributed by atoms with Crippen LogP contribution in [-0.4, -0.2) is 23.8 Å². The molecule has 5 heteroatoms. The second kappa shape index (κ2) is 4.28. The van der Waals surface area contributed by atoms with E-state index in [2.05, 4.69) is 5.32 Å². The van der Waals surface area contributed by atoms with Gasteiger partial charge in [0.05, 0.1) is 23.9 Å². The van der Waals surface area contributed by atoms with Crippen molar-refractivity contribution in [3.8, 4) is 0 Å². The maximum atomic E-state index is 11.9. The van der Waals surface area contributed by atoms with E-state index in [-0.39, 0.29) is 11.8 Å². The first-order valence-electron chi connectivity index (χ1n) is 5.89.